The van der Waals surface area contributed by atoms with Crippen molar-refractivity contribution in [3.8, 4) is 17.0 Å². The molecule has 7 heteroatoms. The zero-order chi connectivity index (χ0) is 20.8. The number of halogens is 1. The van der Waals surface area contributed by atoms with Crippen molar-refractivity contribution in [3.05, 3.63) is 75.5 Å². The van der Waals surface area contributed by atoms with E-state index >= 15 is 0 Å². The van der Waals surface area contributed by atoms with Crippen molar-refractivity contribution < 1.29 is 9.53 Å². The van der Waals surface area contributed by atoms with Crippen LogP contribution in [0.2, 0.25) is 5.02 Å². The summed E-state index contributed by atoms with van der Waals surface area (Å²) in [7, 11) is 1.61. The van der Waals surface area contributed by atoms with Crippen LogP contribution in [0.3, 0.4) is 0 Å². The third-order valence-corrected chi connectivity index (χ3v) is 4.89. The molecule has 0 radical (unpaired) electrons. The largest absolute Gasteiger partial charge is 0.497 e. The molecule has 0 aliphatic heterocycles. The molecular formula is C22H22ClN3O3. The summed E-state index contributed by atoms with van der Waals surface area (Å²) in [5, 5.41) is 7.84. The molecule has 3 rings (SSSR count). The molecule has 0 atom stereocenters. The van der Waals surface area contributed by atoms with Crippen molar-refractivity contribution in [1.82, 2.24) is 9.78 Å². The molecule has 0 saturated heterocycles. The number of nitrogens with one attached hydrogen (secondary N) is 1. The van der Waals surface area contributed by atoms with E-state index in [0.29, 0.717) is 29.4 Å². The summed E-state index contributed by atoms with van der Waals surface area (Å²) < 4.78 is 6.54. The van der Waals surface area contributed by atoms with Crippen LogP contribution in [0.1, 0.15) is 18.4 Å². The number of aromatic nitrogens is 2. The van der Waals surface area contributed by atoms with Crippen molar-refractivity contribution in [2.75, 3.05) is 12.4 Å². The van der Waals surface area contributed by atoms with E-state index in [1.54, 1.807) is 19.2 Å². The Hall–Kier alpha value is -3.12. The number of hydrogen-bond acceptors (Lipinski definition) is 4. The first kappa shape index (κ1) is 20.6. The van der Waals surface area contributed by atoms with Crippen molar-refractivity contribution >= 4 is 23.2 Å². The molecule has 1 amide bonds. The highest BCUT2D eigenvalue weighted by molar-refractivity contribution is 6.31. The highest BCUT2D eigenvalue weighted by atomic mass is 35.5. The van der Waals surface area contributed by atoms with Gasteiger partial charge >= 0.3 is 0 Å². The minimum atomic E-state index is -0.201. The summed E-state index contributed by atoms with van der Waals surface area (Å²) in [6, 6.07) is 16.0. The first-order valence-corrected chi connectivity index (χ1v) is 9.62. The molecule has 0 unspecified atom stereocenters. The molecule has 1 heterocycles. The maximum atomic E-state index is 12.2. The highest BCUT2D eigenvalue weighted by Crippen LogP contribution is 2.21. The lowest BCUT2D eigenvalue weighted by Crippen LogP contribution is -2.23. The SMILES string of the molecule is COc1ccc(-c2ccc(=O)n(CCCC(=O)Nc3ccc(C)c(Cl)c3)n2)cc1. The number of carbonyl (C=O) groups is 1. The summed E-state index contributed by atoms with van der Waals surface area (Å²) in [6.07, 6.45) is 0.761. The van der Waals surface area contributed by atoms with E-state index in [-0.39, 0.29) is 17.9 Å². The second-order valence-electron chi connectivity index (χ2n) is 6.62. The van der Waals surface area contributed by atoms with Crippen molar-refractivity contribution in [3.63, 3.8) is 0 Å². The van der Waals surface area contributed by atoms with Crippen LogP contribution in [0, 0.1) is 6.92 Å². The van der Waals surface area contributed by atoms with Gasteiger partial charge in [0.25, 0.3) is 5.56 Å². The standard InChI is InChI=1S/C22H22ClN3O3/c1-15-5-8-17(14-19(15)23)24-21(27)4-3-13-26-22(28)12-11-20(25-26)16-6-9-18(29-2)10-7-16/h5-12,14H,3-4,13H2,1-2H3,(H,24,27). The van der Waals surface area contributed by atoms with Gasteiger partial charge < -0.3 is 10.1 Å². The van der Waals surface area contributed by atoms with Gasteiger partial charge in [-0.05, 0) is 61.4 Å². The van der Waals surface area contributed by atoms with E-state index in [1.165, 1.54) is 10.7 Å². The highest BCUT2D eigenvalue weighted by Gasteiger charge is 2.07. The number of ether oxygens (including phenoxy) is 1. The van der Waals surface area contributed by atoms with Gasteiger partial charge in [-0.15, -0.1) is 0 Å². The second kappa shape index (κ2) is 9.39. The van der Waals surface area contributed by atoms with Crippen LogP contribution in [-0.4, -0.2) is 22.8 Å². The fraction of sp³-hybridized carbons (Fsp3) is 0.227. The molecule has 1 aromatic heterocycles. The van der Waals surface area contributed by atoms with E-state index in [4.69, 9.17) is 16.3 Å². The third kappa shape index (κ3) is 5.45. The van der Waals surface area contributed by atoms with Gasteiger partial charge in [-0.3, -0.25) is 9.59 Å². The lowest BCUT2D eigenvalue weighted by molar-refractivity contribution is -0.116. The fourth-order valence-electron chi connectivity index (χ4n) is 2.81. The predicted octanol–water partition coefficient (Wildman–Crippen LogP) is 4.30. The zero-order valence-corrected chi connectivity index (χ0v) is 17.1. The third-order valence-electron chi connectivity index (χ3n) is 4.48. The maximum Gasteiger partial charge on any atom is 0.266 e. The Morgan fingerprint density at radius 3 is 2.59 bits per heavy atom. The lowest BCUT2D eigenvalue weighted by Gasteiger charge is -2.09. The molecule has 6 nitrogen and oxygen atoms in total. The van der Waals surface area contributed by atoms with Crippen LogP contribution in [-0.2, 0) is 11.3 Å². The van der Waals surface area contributed by atoms with E-state index in [2.05, 4.69) is 10.4 Å². The second-order valence-corrected chi connectivity index (χ2v) is 7.03. The Morgan fingerprint density at radius 1 is 1.14 bits per heavy atom. The Bertz CT molecular complexity index is 1060. The topological polar surface area (TPSA) is 73.2 Å². The number of benzene rings is 2. The lowest BCUT2D eigenvalue weighted by atomic mass is 10.1. The molecule has 150 valence electrons. The number of aryl methyl sites for hydroxylation is 2. The number of hydrogen-bond donors (Lipinski definition) is 1. The van der Waals surface area contributed by atoms with Gasteiger partial charge in [-0.2, -0.15) is 5.10 Å². The summed E-state index contributed by atoms with van der Waals surface area (Å²) >= 11 is 6.08. The van der Waals surface area contributed by atoms with Crippen molar-refractivity contribution in [1.29, 1.82) is 0 Å². The Labute approximate surface area is 174 Å². The van der Waals surface area contributed by atoms with E-state index in [0.717, 1.165) is 16.9 Å². The first-order chi connectivity index (χ1) is 14.0. The van der Waals surface area contributed by atoms with Gasteiger partial charge in [0.2, 0.25) is 5.91 Å². The number of carbonyl (C=O) groups excluding carboxylic acids is 1. The molecule has 0 spiro atoms. The van der Waals surface area contributed by atoms with E-state index < -0.39 is 0 Å². The van der Waals surface area contributed by atoms with Gasteiger partial charge in [0, 0.05) is 35.3 Å². The average Bonchev–Trinajstić information content (AvgIpc) is 2.72. The van der Waals surface area contributed by atoms with Gasteiger partial charge in [-0.1, -0.05) is 17.7 Å². The quantitative estimate of drug-likeness (QED) is 0.629. The molecule has 29 heavy (non-hydrogen) atoms. The Balaban J connectivity index is 1.60. The maximum absolute atomic E-state index is 12.2. The van der Waals surface area contributed by atoms with Crippen LogP contribution < -0.4 is 15.6 Å². The Morgan fingerprint density at radius 2 is 1.90 bits per heavy atom. The minimum Gasteiger partial charge on any atom is -0.497 e. The minimum absolute atomic E-state index is 0.135. The fourth-order valence-corrected chi connectivity index (χ4v) is 2.99. The van der Waals surface area contributed by atoms with Crippen molar-refractivity contribution in [2.45, 2.75) is 26.3 Å². The molecule has 0 saturated carbocycles. The summed E-state index contributed by atoms with van der Waals surface area (Å²) in [5.41, 5.74) is 2.97. The first-order valence-electron chi connectivity index (χ1n) is 9.25. The molecule has 0 bridgehead atoms. The average molecular weight is 412 g/mol. The molecule has 0 fully saturated rings. The van der Waals surface area contributed by atoms with Crippen LogP contribution in [0.4, 0.5) is 5.69 Å². The number of rotatable bonds is 7. The molecule has 3 aromatic rings. The zero-order valence-electron chi connectivity index (χ0n) is 16.3. The van der Waals surface area contributed by atoms with E-state index in [1.807, 2.05) is 43.3 Å². The normalized spacial score (nSPS) is 10.6. The summed E-state index contributed by atoms with van der Waals surface area (Å²) in [5.74, 6) is 0.618. The van der Waals surface area contributed by atoms with E-state index in [9.17, 15) is 9.59 Å². The van der Waals surface area contributed by atoms with Crippen LogP contribution in [0.15, 0.2) is 59.4 Å². The summed E-state index contributed by atoms with van der Waals surface area (Å²) in [6.45, 7) is 2.25. The number of anilines is 1. The molecular weight excluding hydrogens is 390 g/mol. The number of amides is 1. The predicted molar refractivity (Wildman–Crippen MR) is 115 cm³/mol. The Kier molecular flexibility index (Phi) is 6.67. The smallest absolute Gasteiger partial charge is 0.266 e. The monoisotopic (exact) mass is 411 g/mol. The van der Waals surface area contributed by atoms with Crippen LogP contribution in [0.5, 0.6) is 5.75 Å². The van der Waals surface area contributed by atoms with Gasteiger partial charge in [-0.25, -0.2) is 4.68 Å². The molecule has 1 N–H and O–H groups in total. The van der Waals surface area contributed by atoms with Crippen LogP contribution in [0.25, 0.3) is 11.3 Å². The number of nitrogens with zero attached hydrogens (tertiary/aromatic N) is 2. The molecule has 0 aliphatic carbocycles. The van der Waals surface area contributed by atoms with Gasteiger partial charge in [0.15, 0.2) is 0 Å². The molecule has 2 aromatic carbocycles. The van der Waals surface area contributed by atoms with Gasteiger partial charge in [0.05, 0.1) is 12.8 Å². The number of methoxy groups -OCH3 is 1. The van der Waals surface area contributed by atoms with Gasteiger partial charge in [0.1, 0.15) is 5.75 Å². The van der Waals surface area contributed by atoms with Crippen LogP contribution >= 0.6 is 11.6 Å². The van der Waals surface area contributed by atoms with Crippen molar-refractivity contribution in [2.24, 2.45) is 0 Å². The molecule has 0 aliphatic rings. The summed E-state index contributed by atoms with van der Waals surface area (Å²) in [4.78, 5) is 24.3.